The van der Waals surface area contributed by atoms with E-state index in [1.54, 1.807) is 12.0 Å². The number of rotatable bonds is 3. The van der Waals surface area contributed by atoms with Gasteiger partial charge in [-0.15, -0.1) is 0 Å². The summed E-state index contributed by atoms with van der Waals surface area (Å²) in [7, 11) is 3.49. The highest BCUT2D eigenvalue weighted by molar-refractivity contribution is 6.35. The molecule has 0 unspecified atom stereocenters. The molecule has 4 rings (SSSR count). The molecule has 1 aliphatic heterocycles. The van der Waals surface area contributed by atoms with Crippen molar-refractivity contribution in [2.24, 2.45) is 0 Å². The van der Waals surface area contributed by atoms with Crippen molar-refractivity contribution in [3.8, 4) is 11.4 Å². The van der Waals surface area contributed by atoms with Crippen LogP contribution in [0.25, 0.3) is 17.3 Å². The second-order valence-corrected chi connectivity index (χ2v) is 6.80. The fourth-order valence-electron chi connectivity index (χ4n) is 3.76. The second kappa shape index (κ2) is 6.47. The summed E-state index contributed by atoms with van der Waals surface area (Å²) >= 11 is 0. The van der Waals surface area contributed by atoms with E-state index in [0.717, 1.165) is 45.2 Å². The van der Waals surface area contributed by atoms with Gasteiger partial charge < -0.3 is 14.2 Å². The highest BCUT2D eigenvalue weighted by Crippen LogP contribution is 2.37. The maximum Gasteiger partial charge on any atom is 0.258 e. The minimum atomic E-state index is 0.0328. The number of aromatic nitrogens is 1. The Morgan fingerprint density at radius 3 is 2.41 bits per heavy atom. The van der Waals surface area contributed by atoms with Gasteiger partial charge in [-0.3, -0.25) is 4.79 Å². The first kappa shape index (κ1) is 17.2. The van der Waals surface area contributed by atoms with E-state index in [-0.39, 0.29) is 5.91 Å². The summed E-state index contributed by atoms with van der Waals surface area (Å²) in [4.78, 5) is 14.5. The van der Waals surface area contributed by atoms with E-state index in [0.29, 0.717) is 0 Å². The van der Waals surface area contributed by atoms with E-state index in [9.17, 15) is 4.79 Å². The predicted octanol–water partition coefficient (Wildman–Crippen LogP) is 4.62. The van der Waals surface area contributed by atoms with Gasteiger partial charge in [-0.25, -0.2) is 0 Å². The Labute approximate surface area is 159 Å². The first-order chi connectivity index (χ1) is 13.0. The minimum absolute atomic E-state index is 0.0328. The molecule has 1 aromatic heterocycles. The van der Waals surface area contributed by atoms with Crippen LogP contribution in [0.1, 0.15) is 22.5 Å². The lowest BCUT2D eigenvalue weighted by Crippen LogP contribution is -2.20. The van der Waals surface area contributed by atoms with Crippen LogP contribution in [-0.4, -0.2) is 24.6 Å². The third kappa shape index (κ3) is 2.74. The van der Waals surface area contributed by atoms with Crippen molar-refractivity contribution in [1.82, 2.24) is 4.57 Å². The number of anilines is 1. The number of para-hydroxylation sites is 1. The molecule has 4 heteroatoms. The van der Waals surface area contributed by atoms with Gasteiger partial charge >= 0.3 is 0 Å². The number of likely N-dealkylation sites (N-methyl/N-ethyl adjacent to an activating group) is 1. The summed E-state index contributed by atoms with van der Waals surface area (Å²) in [5.74, 6) is 0.866. The van der Waals surface area contributed by atoms with Crippen molar-refractivity contribution in [2.45, 2.75) is 13.8 Å². The SMILES string of the molecule is COc1ccc(-n2c(C)cc(C=C3C(=O)N(C)c4ccccc43)c2C)cc1. The summed E-state index contributed by atoms with van der Waals surface area (Å²) in [5, 5.41) is 0. The number of hydrogen-bond acceptors (Lipinski definition) is 2. The van der Waals surface area contributed by atoms with Gasteiger partial charge in [0.15, 0.2) is 0 Å². The van der Waals surface area contributed by atoms with Crippen molar-refractivity contribution < 1.29 is 9.53 Å². The molecule has 3 aromatic rings. The predicted molar refractivity (Wildman–Crippen MR) is 110 cm³/mol. The van der Waals surface area contributed by atoms with Crippen LogP contribution in [0.3, 0.4) is 0 Å². The lowest BCUT2D eigenvalue weighted by Gasteiger charge is -2.10. The van der Waals surface area contributed by atoms with Gasteiger partial charge in [0.2, 0.25) is 0 Å². The van der Waals surface area contributed by atoms with Crippen molar-refractivity contribution in [1.29, 1.82) is 0 Å². The lowest BCUT2D eigenvalue weighted by atomic mass is 10.0. The number of aryl methyl sites for hydroxylation is 1. The van der Waals surface area contributed by atoms with Crippen molar-refractivity contribution >= 4 is 23.2 Å². The molecule has 136 valence electrons. The zero-order valence-corrected chi connectivity index (χ0v) is 16.0. The fraction of sp³-hybridized carbons (Fsp3) is 0.174. The molecule has 0 radical (unpaired) electrons. The van der Waals surface area contributed by atoms with Crippen LogP contribution in [0.2, 0.25) is 0 Å². The summed E-state index contributed by atoms with van der Waals surface area (Å²) < 4.78 is 7.45. The largest absolute Gasteiger partial charge is 0.497 e. The van der Waals surface area contributed by atoms with Crippen LogP contribution in [-0.2, 0) is 4.79 Å². The van der Waals surface area contributed by atoms with Gasteiger partial charge in [-0.2, -0.15) is 0 Å². The average molecular weight is 358 g/mol. The van der Waals surface area contributed by atoms with Crippen LogP contribution in [0.4, 0.5) is 5.69 Å². The number of hydrogen-bond donors (Lipinski definition) is 0. The summed E-state index contributed by atoms with van der Waals surface area (Å²) in [6, 6.07) is 18.0. The van der Waals surface area contributed by atoms with Gasteiger partial charge in [0.25, 0.3) is 5.91 Å². The molecule has 0 spiro atoms. The Balaban J connectivity index is 1.80. The first-order valence-corrected chi connectivity index (χ1v) is 8.94. The van der Waals surface area contributed by atoms with E-state index in [4.69, 9.17) is 4.74 Å². The van der Waals surface area contributed by atoms with Gasteiger partial charge in [-0.05, 0) is 61.9 Å². The Morgan fingerprint density at radius 1 is 1.00 bits per heavy atom. The fourth-order valence-corrected chi connectivity index (χ4v) is 3.76. The van der Waals surface area contributed by atoms with E-state index in [2.05, 4.69) is 24.5 Å². The number of nitrogens with zero attached hydrogens (tertiary/aromatic N) is 2. The second-order valence-electron chi connectivity index (χ2n) is 6.80. The quantitative estimate of drug-likeness (QED) is 0.640. The maximum absolute atomic E-state index is 12.7. The minimum Gasteiger partial charge on any atom is -0.497 e. The number of benzene rings is 2. The van der Waals surface area contributed by atoms with E-state index < -0.39 is 0 Å². The maximum atomic E-state index is 12.7. The molecule has 1 aliphatic rings. The Morgan fingerprint density at radius 2 is 1.70 bits per heavy atom. The van der Waals surface area contributed by atoms with Gasteiger partial charge in [0.1, 0.15) is 5.75 Å². The highest BCUT2D eigenvalue weighted by Gasteiger charge is 2.29. The molecule has 0 saturated heterocycles. The topological polar surface area (TPSA) is 34.5 Å². The molecule has 2 aromatic carbocycles. The van der Waals surface area contributed by atoms with Crippen molar-refractivity contribution in [3.05, 3.63) is 77.1 Å². The third-order valence-electron chi connectivity index (χ3n) is 5.19. The summed E-state index contributed by atoms with van der Waals surface area (Å²) in [5.41, 5.74) is 7.03. The van der Waals surface area contributed by atoms with Gasteiger partial charge in [-0.1, -0.05) is 18.2 Å². The van der Waals surface area contributed by atoms with Crippen LogP contribution in [0.15, 0.2) is 54.6 Å². The van der Waals surface area contributed by atoms with E-state index >= 15 is 0 Å². The molecular weight excluding hydrogens is 336 g/mol. The molecule has 2 heterocycles. The number of methoxy groups -OCH3 is 1. The van der Waals surface area contributed by atoms with Crippen LogP contribution in [0.5, 0.6) is 5.75 Å². The van der Waals surface area contributed by atoms with Crippen LogP contribution >= 0.6 is 0 Å². The highest BCUT2D eigenvalue weighted by atomic mass is 16.5. The molecule has 0 atom stereocenters. The van der Waals surface area contributed by atoms with Crippen molar-refractivity contribution in [3.63, 3.8) is 0 Å². The molecule has 0 aliphatic carbocycles. The third-order valence-corrected chi connectivity index (χ3v) is 5.19. The summed E-state index contributed by atoms with van der Waals surface area (Å²) in [6.45, 7) is 4.16. The molecule has 4 nitrogen and oxygen atoms in total. The van der Waals surface area contributed by atoms with Crippen LogP contribution in [0, 0.1) is 13.8 Å². The molecule has 0 fully saturated rings. The van der Waals surface area contributed by atoms with Gasteiger partial charge in [0, 0.05) is 35.3 Å². The number of ether oxygens (including phenoxy) is 1. The zero-order valence-electron chi connectivity index (χ0n) is 16.0. The van der Waals surface area contributed by atoms with Crippen LogP contribution < -0.4 is 9.64 Å². The zero-order chi connectivity index (χ0) is 19.1. The average Bonchev–Trinajstić information content (AvgIpc) is 3.10. The molecule has 0 saturated carbocycles. The molecule has 1 amide bonds. The number of amides is 1. The molecule has 0 bridgehead atoms. The van der Waals surface area contributed by atoms with Gasteiger partial charge in [0.05, 0.1) is 12.8 Å². The summed E-state index contributed by atoms with van der Waals surface area (Å²) in [6.07, 6.45) is 2.01. The van der Waals surface area contributed by atoms with E-state index in [1.807, 2.05) is 61.7 Å². The lowest BCUT2D eigenvalue weighted by molar-refractivity contribution is -0.112. The monoisotopic (exact) mass is 358 g/mol. The number of fused-ring (bicyclic) bond motifs is 1. The Hall–Kier alpha value is -3.27. The molecule has 0 N–H and O–H groups in total. The van der Waals surface area contributed by atoms with Crippen molar-refractivity contribution in [2.75, 3.05) is 19.1 Å². The number of carbonyl (C=O) groups is 1. The number of carbonyl (C=O) groups excluding carboxylic acids is 1. The molecular formula is C23H22N2O2. The molecule has 27 heavy (non-hydrogen) atoms. The Kier molecular flexibility index (Phi) is 4.11. The smallest absolute Gasteiger partial charge is 0.258 e. The Bertz CT molecular complexity index is 1060. The standard InChI is InChI=1S/C23H22N2O2/c1-15-13-17(16(2)25(15)18-9-11-19(27-4)12-10-18)14-21-20-7-5-6-8-22(20)24(3)23(21)26/h5-14H,1-4H3. The van der Waals surface area contributed by atoms with E-state index in [1.165, 1.54) is 0 Å². The first-order valence-electron chi connectivity index (χ1n) is 8.94. The normalized spacial score (nSPS) is 14.7.